The minimum absolute atomic E-state index is 0. The van der Waals surface area contributed by atoms with Gasteiger partial charge in [0.05, 0.1) is 13.2 Å². The molecular formula is C15H31IN4OS. The van der Waals surface area contributed by atoms with Crippen LogP contribution in [0.1, 0.15) is 19.8 Å². The second-order valence-corrected chi connectivity index (χ2v) is 6.60. The van der Waals surface area contributed by atoms with Gasteiger partial charge in [-0.15, -0.1) is 24.0 Å². The zero-order valence-corrected chi connectivity index (χ0v) is 17.1. The summed E-state index contributed by atoms with van der Waals surface area (Å²) in [6.45, 7) is 10.2. The van der Waals surface area contributed by atoms with Crippen LogP contribution in [0, 0.1) is 0 Å². The van der Waals surface area contributed by atoms with E-state index in [1.54, 1.807) is 0 Å². The predicted molar refractivity (Wildman–Crippen MR) is 107 cm³/mol. The van der Waals surface area contributed by atoms with Crippen LogP contribution in [-0.2, 0) is 4.74 Å². The van der Waals surface area contributed by atoms with Crippen LogP contribution in [0.15, 0.2) is 4.99 Å². The average molecular weight is 442 g/mol. The third-order valence-corrected chi connectivity index (χ3v) is 4.82. The van der Waals surface area contributed by atoms with Gasteiger partial charge in [0.2, 0.25) is 0 Å². The smallest absolute Gasteiger partial charge is 0.193 e. The number of guanidine groups is 1. The van der Waals surface area contributed by atoms with Crippen LogP contribution in [0.5, 0.6) is 0 Å². The summed E-state index contributed by atoms with van der Waals surface area (Å²) in [5, 5.41) is 3.45. The molecule has 130 valence electrons. The first-order chi connectivity index (χ1) is 10.3. The molecule has 0 bridgehead atoms. The molecule has 2 fully saturated rings. The van der Waals surface area contributed by atoms with E-state index >= 15 is 0 Å². The maximum atomic E-state index is 5.45. The number of aliphatic imine (C=N–C) groups is 1. The van der Waals surface area contributed by atoms with Crippen molar-refractivity contribution in [1.29, 1.82) is 0 Å². The molecule has 0 aromatic carbocycles. The second-order valence-electron chi connectivity index (χ2n) is 5.62. The van der Waals surface area contributed by atoms with Gasteiger partial charge in [-0.05, 0) is 31.8 Å². The van der Waals surface area contributed by atoms with Crippen molar-refractivity contribution in [2.45, 2.75) is 25.8 Å². The summed E-state index contributed by atoms with van der Waals surface area (Å²) in [6, 6.07) is 0.670. The number of hydrogen-bond acceptors (Lipinski definition) is 4. The molecule has 1 N–H and O–H groups in total. The summed E-state index contributed by atoms with van der Waals surface area (Å²) in [6.07, 6.45) is 4.56. The Labute approximate surface area is 156 Å². The van der Waals surface area contributed by atoms with Gasteiger partial charge in [0.15, 0.2) is 5.96 Å². The van der Waals surface area contributed by atoms with E-state index in [2.05, 4.69) is 28.3 Å². The SMILES string of the molecule is CCNC(=NCCCSC)N1CCC(N2CCOCC2)C1.I. The van der Waals surface area contributed by atoms with Gasteiger partial charge in [-0.2, -0.15) is 11.8 Å². The predicted octanol–water partition coefficient (Wildman–Crippen LogP) is 1.73. The number of morpholine rings is 1. The lowest BCUT2D eigenvalue weighted by atomic mass is 10.2. The third-order valence-electron chi connectivity index (χ3n) is 4.13. The zero-order valence-electron chi connectivity index (χ0n) is 13.9. The van der Waals surface area contributed by atoms with Gasteiger partial charge in [-0.1, -0.05) is 0 Å². The summed E-state index contributed by atoms with van der Waals surface area (Å²) in [5.74, 6) is 2.30. The maximum absolute atomic E-state index is 5.45. The highest BCUT2D eigenvalue weighted by atomic mass is 127. The monoisotopic (exact) mass is 442 g/mol. The molecule has 0 aliphatic carbocycles. The molecule has 0 spiro atoms. The number of likely N-dealkylation sites (tertiary alicyclic amines) is 1. The minimum atomic E-state index is 0. The van der Waals surface area contributed by atoms with Crippen LogP contribution in [-0.4, -0.2) is 86.3 Å². The molecule has 0 radical (unpaired) electrons. The fourth-order valence-electron chi connectivity index (χ4n) is 2.99. The number of nitrogens with zero attached hydrogens (tertiary/aromatic N) is 3. The molecule has 0 aromatic rings. The van der Waals surface area contributed by atoms with Crippen LogP contribution in [0.3, 0.4) is 0 Å². The average Bonchev–Trinajstić information content (AvgIpc) is 3.01. The molecule has 2 aliphatic rings. The lowest BCUT2D eigenvalue weighted by Crippen LogP contribution is -2.46. The van der Waals surface area contributed by atoms with E-state index < -0.39 is 0 Å². The van der Waals surface area contributed by atoms with E-state index in [9.17, 15) is 0 Å². The van der Waals surface area contributed by atoms with Crippen molar-refractivity contribution < 1.29 is 4.74 Å². The molecule has 22 heavy (non-hydrogen) atoms. The Kier molecular flexibility index (Phi) is 10.9. The molecule has 0 aromatic heterocycles. The molecule has 2 rings (SSSR count). The summed E-state index contributed by atoms with van der Waals surface area (Å²) < 4.78 is 5.45. The Morgan fingerprint density at radius 3 is 2.77 bits per heavy atom. The van der Waals surface area contributed by atoms with Crippen molar-refractivity contribution in [3.8, 4) is 0 Å². The first-order valence-electron chi connectivity index (χ1n) is 8.19. The van der Waals surface area contributed by atoms with Crippen molar-refractivity contribution in [3.05, 3.63) is 0 Å². The van der Waals surface area contributed by atoms with Gasteiger partial charge >= 0.3 is 0 Å². The highest BCUT2D eigenvalue weighted by Gasteiger charge is 2.30. The van der Waals surface area contributed by atoms with Crippen molar-refractivity contribution in [2.75, 3.05) is 64.5 Å². The lowest BCUT2D eigenvalue weighted by molar-refractivity contribution is 0.0195. The lowest BCUT2D eigenvalue weighted by Gasteiger charge is -2.32. The van der Waals surface area contributed by atoms with Gasteiger partial charge in [0.25, 0.3) is 0 Å². The number of thioether (sulfide) groups is 1. The van der Waals surface area contributed by atoms with E-state index in [1.807, 2.05) is 11.8 Å². The highest BCUT2D eigenvalue weighted by molar-refractivity contribution is 14.0. The number of rotatable bonds is 6. The van der Waals surface area contributed by atoms with Crippen molar-refractivity contribution in [2.24, 2.45) is 4.99 Å². The molecule has 1 unspecified atom stereocenters. The van der Waals surface area contributed by atoms with Gasteiger partial charge in [-0.25, -0.2) is 0 Å². The normalized spacial score (nSPS) is 23.5. The van der Waals surface area contributed by atoms with E-state index in [0.717, 1.165) is 64.9 Å². The third kappa shape index (κ3) is 6.41. The largest absolute Gasteiger partial charge is 0.379 e. The van der Waals surface area contributed by atoms with Crippen LogP contribution in [0.2, 0.25) is 0 Å². The van der Waals surface area contributed by atoms with Crippen LogP contribution >= 0.6 is 35.7 Å². The number of halogens is 1. The van der Waals surface area contributed by atoms with E-state index in [1.165, 1.54) is 12.2 Å². The Bertz CT molecular complexity index is 327. The molecule has 2 aliphatic heterocycles. The second kappa shape index (κ2) is 11.8. The summed E-state index contributed by atoms with van der Waals surface area (Å²) in [5.41, 5.74) is 0. The fraction of sp³-hybridized carbons (Fsp3) is 0.933. The van der Waals surface area contributed by atoms with Gasteiger partial charge in [-0.3, -0.25) is 9.89 Å². The Hall–Kier alpha value is 0.270. The fourth-order valence-corrected chi connectivity index (χ4v) is 3.41. The van der Waals surface area contributed by atoms with Gasteiger partial charge < -0.3 is 15.0 Å². The molecule has 2 saturated heterocycles. The van der Waals surface area contributed by atoms with Crippen LogP contribution in [0.4, 0.5) is 0 Å². The van der Waals surface area contributed by atoms with E-state index in [0.29, 0.717) is 6.04 Å². The molecule has 1 atom stereocenters. The zero-order chi connectivity index (χ0) is 14.9. The summed E-state index contributed by atoms with van der Waals surface area (Å²) in [4.78, 5) is 9.80. The number of hydrogen-bond donors (Lipinski definition) is 1. The van der Waals surface area contributed by atoms with Crippen molar-refractivity contribution in [1.82, 2.24) is 15.1 Å². The first-order valence-corrected chi connectivity index (χ1v) is 9.58. The van der Waals surface area contributed by atoms with Crippen LogP contribution < -0.4 is 5.32 Å². The number of nitrogens with one attached hydrogen (secondary N) is 1. The molecule has 7 heteroatoms. The number of ether oxygens (including phenoxy) is 1. The molecule has 5 nitrogen and oxygen atoms in total. The minimum Gasteiger partial charge on any atom is -0.379 e. The molecular weight excluding hydrogens is 411 g/mol. The van der Waals surface area contributed by atoms with Crippen LogP contribution in [0.25, 0.3) is 0 Å². The Balaban J connectivity index is 0.00000242. The van der Waals surface area contributed by atoms with Crippen molar-refractivity contribution >= 4 is 41.7 Å². The maximum Gasteiger partial charge on any atom is 0.193 e. The van der Waals surface area contributed by atoms with Crippen molar-refractivity contribution in [3.63, 3.8) is 0 Å². The topological polar surface area (TPSA) is 40.1 Å². The molecule has 2 heterocycles. The first kappa shape index (κ1) is 20.3. The van der Waals surface area contributed by atoms with Gasteiger partial charge in [0.1, 0.15) is 0 Å². The summed E-state index contributed by atoms with van der Waals surface area (Å²) >= 11 is 1.90. The molecule has 0 amide bonds. The quantitative estimate of drug-likeness (QED) is 0.294. The Morgan fingerprint density at radius 1 is 1.32 bits per heavy atom. The Morgan fingerprint density at radius 2 is 2.09 bits per heavy atom. The van der Waals surface area contributed by atoms with E-state index in [4.69, 9.17) is 9.73 Å². The standard InChI is InChI=1S/C15H30N4OS.HI/c1-3-16-15(17-6-4-12-21-2)19-7-5-14(13-19)18-8-10-20-11-9-18;/h14H,3-13H2,1-2H3,(H,16,17);1H. The van der Waals surface area contributed by atoms with E-state index in [-0.39, 0.29) is 24.0 Å². The molecule has 0 saturated carbocycles. The van der Waals surface area contributed by atoms with Gasteiger partial charge in [0, 0.05) is 45.3 Å². The summed E-state index contributed by atoms with van der Waals surface area (Å²) in [7, 11) is 0. The highest BCUT2D eigenvalue weighted by Crippen LogP contribution is 2.17.